The molecule has 0 unspecified atom stereocenters. The molecule has 6 heteroatoms. The van der Waals surface area contributed by atoms with Crippen molar-refractivity contribution in [1.82, 2.24) is 19.9 Å². The van der Waals surface area contributed by atoms with Gasteiger partial charge in [0.25, 0.3) is 5.91 Å². The molecule has 2 N–H and O–H groups in total. The molecule has 0 bridgehead atoms. The number of amides is 1. The Morgan fingerprint density at radius 2 is 2.05 bits per heavy atom. The summed E-state index contributed by atoms with van der Waals surface area (Å²) in [5.74, 6) is 0.372. The number of aromatic nitrogens is 3. The molecule has 0 radical (unpaired) electrons. The highest BCUT2D eigenvalue weighted by molar-refractivity contribution is 5.90. The molecule has 1 saturated heterocycles. The predicted octanol–water partition coefficient (Wildman–Crippen LogP) is 0.814. The number of hydrogen-bond donors (Lipinski definition) is 1. The molecular weight excluding hydrogens is 242 g/mol. The Morgan fingerprint density at radius 3 is 2.68 bits per heavy atom. The number of nitrogens with zero attached hydrogens (tertiary/aromatic N) is 4. The first-order valence-corrected chi connectivity index (χ1v) is 7.16. The first kappa shape index (κ1) is 12.6. The quantitative estimate of drug-likeness (QED) is 0.872. The van der Waals surface area contributed by atoms with E-state index in [9.17, 15) is 4.79 Å². The zero-order valence-corrected chi connectivity index (χ0v) is 11.2. The number of rotatable bonds is 4. The highest BCUT2D eigenvalue weighted by atomic mass is 16.1. The van der Waals surface area contributed by atoms with Crippen LogP contribution in [0.2, 0.25) is 0 Å². The largest absolute Gasteiger partial charge is 0.364 e. The Bertz CT molecular complexity index is 446. The summed E-state index contributed by atoms with van der Waals surface area (Å²) in [6.07, 6.45) is 8.63. The third-order valence-corrected chi connectivity index (χ3v) is 4.32. The fourth-order valence-corrected chi connectivity index (χ4v) is 3.16. The average Bonchev–Trinajstić information content (AvgIpc) is 2.84. The van der Waals surface area contributed by atoms with Crippen molar-refractivity contribution in [2.75, 3.05) is 19.6 Å². The lowest BCUT2D eigenvalue weighted by Gasteiger charge is -2.41. The van der Waals surface area contributed by atoms with Crippen LogP contribution in [-0.4, -0.2) is 45.4 Å². The third-order valence-electron chi connectivity index (χ3n) is 4.32. The van der Waals surface area contributed by atoms with E-state index in [1.54, 1.807) is 10.9 Å². The zero-order valence-electron chi connectivity index (χ0n) is 11.2. The van der Waals surface area contributed by atoms with Crippen LogP contribution in [0.4, 0.5) is 0 Å². The van der Waals surface area contributed by atoms with Crippen LogP contribution in [0.15, 0.2) is 6.20 Å². The standard InChI is InChI=1S/C13H21N5O/c14-13(19)12-9-18(16-15-12)11-7-17(8-11)6-10-4-2-1-3-5-10/h9-11H,1-8H2,(H2,14,19). The topological polar surface area (TPSA) is 77.0 Å². The van der Waals surface area contributed by atoms with Crippen molar-refractivity contribution in [3.05, 3.63) is 11.9 Å². The third kappa shape index (κ3) is 2.78. The minimum absolute atomic E-state index is 0.255. The van der Waals surface area contributed by atoms with Gasteiger partial charge in [-0.15, -0.1) is 5.10 Å². The monoisotopic (exact) mass is 263 g/mol. The minimum atomic E-state index is -0.510. The van der Waals surface area contributed by atoms with Crippen molar-refractivity contribution >= 4 is 5.91 Å². The number of nitrogens with two attached hydrogens (primary N) is 1. The molecule has 1 amide bonds. The average molecular weight is 263 g/mol. The highest BCUT2D eigenvalue weighted by Gasteiger charge is 2.31. The van der Waals surface area contributed by atoms with Crippen LogP contribution in [0, 0.1) is 5.92 Å². The van der Waals surface area contributed by atoms with Gasteiger partial charge in [-0.2, -0.15) is 0 Å². The van der Waals surface area contributed by atoms with Crippen molar-refractivity contribution in [3.8, 4) is 0 Å². The van der Waals surface area contributed by atoms with E-state index in [1.807, 2.05) is 0 Å². The molecule has 0 atom stereocenters. The summed E-state index contributed by atoms with van der Waals surface area (Å²) in [5, 5.41) is 7.76. The van der Waals surface area contributed by atoms with Gasteiger partial charge in [0.1, 0.15) is 0 Å². The molecular formula is C13H21N5O. The normalized spacial score (nSPS) is 22.3. The Hall–Kier alpha value is -1.43. The molecule has 3 rings (SSSR count). The second-order valence-electron chi connectivity index (χ2n) is 5.82. The number of primary amides is 1. The molecule has 6 nitrogen and oxygen atoms in total. The lowest BCUT2D eigenvalue weighted by Crippen LogP contribution is -2.49. The van der Waals surface area contributed by atoms with E-state index in [1.165, 1.54) is 38.6 Å². The first-order valence-electron chi connectivity index (χ1n) is 7.16. The van der Waals surface area contributed by atoms with E-state index in [2.05, 4.69) is 15.2 Å². The predicted molar refractivity (Wildman–Crippen MR) is 70.6 cm³/mol. The maximum atomic E-state index is 11.0. The highest BCUT2D eigenvalue weighted by Crippen LogP contribution is 2.28. The first-order chi connectivity index (χ1) is 9.22. The molecule has 1 saturated carbocycles. The zero-order chi connectivity index (χ0) is 13.2. The SMILES string of the molecule is NC(=O)c1cn(C2CN(CC3CCCCC3)C2)nn1. The second kappa shape index (κ2) is 5.28. The van der Waals surface area contributed by atoms with E-state index < -0.39 is 5.91 Å². The molecule has 0 spiro atoms. The molecule has 1 aromatic rings. The second-order valence-corrected chi connectivity index (χ2v) is 5.82. The molecule has 2 heterocycles. The van der Waals surface area contributed by atoms with Crippen LogP contribution in [0.5, 0.6) is 0 Å². The van der Waals surface area contributed by atoms with Crippen LogP contribution in [0.25, 0.3) is 0 Å². The number of carbonyl (C=O) groups excluding carboxylic acids is 1. The van der Waals surface area contributed by atoms with E-state index in [0.717, 1.165) is 19.0 Å². The molecule has 2 fully saturated rings. The van der Waals surface area contributed by atoms with Crippen molar-refractivity contribution in [2.24, 2.45) is 11.7 Å². The number of hydrogen-bond acceptors (Lipinski definition) is 4. The van der Waals surface area contributed by atoms with Gasteiger partial charge < -0.3 is 5.73 Å². The molecule has 1 aliphatic carbocycles. The Kier molecular flexibility index (Phi) is 3.50. The van der Waals surface area contributed by atoms with Crippen LogP contribution in [-0.2, 0) is 0 Å². The van der Waals surface area contributed by atoms with Gasteiger partial charge in [0, 0.05) is 19.6 Å². The van der Waals surface area contributed by atoms with Gasteiger partial charge in [0.15, 0.2) is 5.69 Å². The van der Waals surface area contributed by atoms with Crippen molar-refractivity contribution in [1.29, 1.82) is 0 Å². The van der Waals surface area contributed by atoms with Crippen LogP contribution in [0.3, 0.4) is 0 Å². The van der Waals surface area contributed by atoms with Crippen LogP contribution in [0.1, 0.15) is 48.6 Å². The lowest BCUT2D eigenvalue weighted by molar-refractivity contribution is 0.0715. The molecule has 1 aliphatic heterocycles. The van der Waals surface area contributed by atoms with E-state index in [4.69, 9.17) is 5.73 Å². The smallest absolute Gasteiger partial charge is 0.270 e. The number of carbonyl (C=O) groups is 1. The summed E-state index contributed by atoms with van der Waals surface area (Å²) >= 11 is 0. The van der Waals surface area contributed by atoms with Gasteiger partial charge in [0.2, 0.25) is 0 Å². The Morgan fingerprint density at radius 1 is 1.32 bits per heavy atom. The van der Waals surface area contributed by atoms with Crippen molar-refractivity contribution < 1.29 is 4.79 Å². The van der Waals surface area contributed by atoms with Gasteiger partial charge in [-0.3, -0.25) is 9.69 Å². The summed E-state index contributed by atoms with van der Waals surface area (Å²) in [7, 11) is 0. The van der Waals surface area contributed by atoms with Crippen molar-refractivity contribution in [2.45, 2.75) is 38.1 Å². The molecule has 2 aliphatic rings. The number of likely N-dealkylation sites (tertiary alicyclic amines) is 1. The van der Waals surface area contributed by atoms with Crippen LogP contribution >= 0.6 is 0 Å². The van der Waals surface area contributed by atoms with Gasteiger partial charge in [-0.05, 0) is 18.8 Å². The Balaban J connectivity index is 1.47. The van der Waals surface area contributed by atoms with Gasteiger partial charge in [-0.25, -0.2) is 4.68 Å². The minimum Gasteiger partial charge on any atom is -0.364 e. The van der Waals surface area contributed by atoms with Crippen molar-refractivity contribution in [3.63, 3.8) is 0 Å². The maximum absolute atomic E-state index is 11.0. The van der Waals surface area contributed by atoms with E-state index in [-0.39, 0.29) is 5.69 Å². The van der Waals surface area contributed by atoms with Gasteiger partial charge in [-0.1, -0.05) is 24.5 Å². The molecule has 1 aromatic heterocycles. The van der Waals surface area contributed by atoms with E-state index >= 15 is 0 Å². The fourth-order valence-electron chi connectivity index (χ4n) is 3.16. The van der Waals surface area contributed by atoms with Gasteiger partial charge in [0.05, 0.1) is 12.2 Å². The van der Waals surface area contributed by atoms with Crippen LogP contribution < -0.4 is 5.73 Å². The summed E-state index contributed by atoms with van der Waals surface area (Å²) in [5.41, 5.74) is 5.43. The van der Waals surface area contributed by atoms with E-state index in [0.29, 0.717) is 6.04 Å². The Labute approximate surface area is 112 Å². The molecule has 104 valence electrons. The summed E-state index contributed by atoms with van der Waals surface area (Å²) in [6.45, 7) is 3.24. The summed E-state index contributed by atoms with van der Waals surface area (Å²) in [6, 6.07) is 0.351. The summed E-state index contributed by atoms with van der Waals surface area (Å²) < 4.78 is 1.78. The fraction of sp³-hybridized carbons (Fsp3) is 0.769. The maximum Gasteiger partial charge on any atom is 0.270 e. The van der Waals surface area contributed by atoms with Gasteiger partial charge >= 0.3 is 0 Å². The lowest BCUT2D eigenvalue weighted by atomic mass is 9.88. The molecule has 19 heavy (non-hydrogen) atoms. The molecule has 0 aromatic carbocycles. The summed E-state index contributed by atoms with van der Waals surface area (Å²) in [4.78, 5) is 13.4.